The van der Waals surface area contributed by atoms with Crippen molar-refractivity contribution in [2.75, 3.05) is 25.9 Å². The van der Waals surface area contributed by atoms with Gasteiger partial charge in [-0.2, -0.15) is 0 Å². The van der Waals surface area contributed by atoms with Crippen LogP contribution in [0.1, 0.15) is 48.5 Å². The number of carbonyl (C=O) groups excluding carboxylic acids is 2. The molecule has 21 heavy (non-hydrogen) atoms. The lowest BCUT2D eigenvalue weighted by molar-refractivity contribution is -0.135. The molecular formula is C14H22N4O3. The zero-order chi connectivity index (χ0) is 15.6. The maximum atomic E-state index is 12.6. The van der Waals surface area contributed by atoms with E-state index in [1.807, 2.05) is 4.90 Å². The number of aryl methyl sites for hydroxylation is 1. The molecule has 1 aliphatic rings. The predicted molar refractivity (Wildman–Crippen MR) is 77.9 cm³/mol. The van der Waals surface area contributed by atoms with Crippen molar-refractivity contribution in [1.29, 1.82) is 0 Å². The van der Waals surface area contributed by atoms with Crippen LogP contribution < -0.4 is 5.73 Å². The normalized spacial score (nSPS) is 16.6. The number of nitrogens with zero attached hydrogens (tertiary/aromatic N) is 3. The molecule has 1 saturated heterocycles. The van der Waals surface area contributed by atoms with Crippen molar-refractivity contribution < 1.29 is 14.3 Å². The number of esters is 1. The SMILES string of the molecule is COC(=O)c1nc(C)n(C(C)C(=O)N2CCCCC2)c1N. The first-order chi connectivity index (χ1) is 9.97. The first-order valence-corrected chi connectivity index (χ1v) is 7.18. The number of methoxy groups -OCH3 is 1. The summed E-state index contributed by atoms with van der Waals surface area (Å²) in [6.07, 6.45) is 3.23. The summed E-state index contributed by atoms with van der Waals surface area (Å²) in [6, 6.07) is -0.478. The number of amides is 1. The Kier molecular flexibility index (Phi) is 4.50. The van der Waals surface area contributed by atoms with Gasteiger partial charge in [0.05, 0.1) is 7.11 Å². The molecule has 0 saturated carbocycles. The van der Waals surface area contributed by atoms with Gasteiger partial charge in [-0.3, -0.25) is 4.79 Å². The Balaban J connectivity index is 2.26. The van der Waals surface area contributed by atoms with Crippen molar-refractivity contribution in [1.82, 2.24) is 14.5 Å². The van der Waals surface area contributed by atoms with Crippen LogP contribution in [-0.2, 0) is 9.53 Å². The molecule has 1 aromatic rings. The number of rotatable bonds is 3. The molecule has 7 heteroatoms. The van der Waals surface area contributed by atoms with E-state index in [-0.39, 0.29) is 17.4 Å². The summed E-state index contributed by atoms with van der Waals surface area (Å²) in [5.41, 5.74) is 6.04. The highest BCUT2D eigenvalue weighted by Gasteiger charge is 2.28. The third-order valence-corrected chi connectivity index (χ3v) is 3.92. The molecule has 2 N–H and O–H groups in total. The highest BCUT2D eigenvalue weighted by atomic mass is 16.5. The molecule has 1 aliphatic heterocycles. The molecule has 0 radical (unpaired) electrons. The number of nitrogen functional groups attached to an aromatic ring is 1. The summed E-state index contributed by atoms with van der Waals surface area (Å²) >= 11 is 0. The minimum Gasteiger partial charge on any atom is -0.464 e. The number of anilines is 1. The first-order valence-electron chi connectivity index (χ1n) is 7.18. The quantitative estimate of drug-likeness (QED) is 0.844. The number of piperidine rings is 1. The molecule has 0 bridgehead atoms. The second kappa shape index (κ2) is 6.15. The summed E-state index contributed by atoms with van der Waals surface area (Å²) in [5.74, 6) is 0.133. The monoisotopic (exact) mass is 294 g/mol. The van der Waals surface area contributed by atoms with Crippen molar-refractivity contribution >= 4 is 17.7 Å². The number of imidazole rings is 1. The molecule has 1 fully saturated rings. The minimum atomic E-state index is -0.591. The predicted octanol–water partition coefficient (Wildman–Crippen LogP) is 1.13. The molecule has 0 spiro atoms. The van der Waals surface area contributed by atoms with E-state index in [1.165, 1.54) is 7.11 Å². The fraction of sp³-hybridized carbons (Fsp3) is 0.643. The number of hydrogen-bond donors (Lipinski definition) is 1. The topological polar surface area (TPSA) is 90.4 Å². The van der Waals surface area contributed by atoms with Crippen LogP contribution in [-0.4, -0.2) is 46.5 Å². The highest BCUT2D eigenvalue weighted by molar-refractivity contribution is 5.93. The summed E-state index contributed by atoms with van der Waals surface area (Å²) in [5, 5.41) is 0. The molecule has 0 aromatic carbocycles. The molecular weight excluding hydrogens is 272 g/mol. The summed E-state index contributed by atoms with van der Waals surface area (Å²) in [6.45, 7) is 5.06. The summed E-state index contributed by atoms with van der Waals surface area (Å²) < 4.78 is 6.25. The maximum Gasteiger partial charge on any atom is 0.360 e. The molecule has 116 valence electrons. The van der Waals surface area contributed by atoms with Gasteiger partial charge in [-0.15, -0.1) is 0 Å². The van der Waals surface area contributed by atoms with Crippen molar-refractivity contribution in [3.05, 3.63) is 11.5 Å². The Bertz CT molecular complexity index is 547. The zero-order valence-electron chi connectivity index (χ0n) is 12.8. The van der Waals surface area contributed by atoms with Crippen molar-refractivity contribution in [2.24, 2.45) is 0 Å². The lowest BCUT2D eigenvalue weighted by Gasteiger charge is -2.30. The van der Waals surface area contributed by atoms with Gasteiger partial charge in [-0.1, -0.05) is 0 Å². The van der Waals surface area contributed by atoms with E-state index in [9.17, 15) is 9.59 Å². The van der Waals surface area contributed by atoms with Crippen molar-refractivity contribution in [3.8, 4) is 0 Å². The molecule has 0 aliphatic carbocycles. The number of likely N-dealkylation sites (tertiary alicyclic amines) is 1. The molecule has 1 atom stereocenters. The maximum absolute atomic E-state index is 12.6. The van der Waals surface area contributed by atoms with E-state index in [4.69, 9.17) is 5.73 Å². The average molecular weight is 294 g/mol. The van der Waals surface area contributed by atoms with Crippen LogP contribution in [0.2, 0.25) is 0 Å². The van der Waals surface area contributed by atoms with Gasteiger partial charge in [0.25, 0.3) is 0 Å². The molecule has 1 amide bonds. The number of hydrogen-bond acceptors (Lipinski definition) is 5. The van der Waals surface area contributed by atoms with Gasteiger partial charge in [0, 0.05) is 13.1 Å². The Morgan fingerprint density at radius 1 is 1.29 bits per heavy atom. The molecule has 1 aromatic heterocycles. The fourth-order valence-electron chi connectivity index (χ4n) is 2.79. The van der Waals surface area contributed by atoms with Crippen LogP contribution in [0.3, 0.4) is 0 Å². The van der Waals surface area contributed by atoms with Gasteiger partial charge < -0.3 is 19.9 Å². The van der Waals surface area contributed by atoms with Crippen LogP contribution in [0, 0.1) is 6.92 Å². The van der Waals surface area contributed by atoms with E-state index < -0.39 is 12.0 Å². The summed E-state index contributed by atoms with van der Waals surface area (Å²) in [4.78, 5) is 30.2. The van der Waals surface area contributed by atoms with Crippen LogP contribution >= 0.6 is 0 Å². The zero-order valence-corrected chi connectivity index (χ0v) is 12.8. The Hall–Kier alpha value is -2.05. The molecule has 1 unspecified atom stereocenters. The van der Waals surface area contributed by atoms with E-state index in [2.05, 4.69) is 9.72 Å². The average Bonchev–Trinajstić information content (AvgIpc) is 2.80. The van der Waals surface area contributed by atoms with Crippen molar-refractivity contribution in [2.45, 2.75) is 39.2 Å². The third-order valence-electron chi connectivity index (χ3n) is 3.92. The first kappa shape index (κ1) is 15.3. The van der Waals surface area contributed by atoms with Crippen molar-refractivity contribution in [3.63, 3.8) is 0 Å². The smallest absolute Gasteiger partial charge is 0.360 e. The van der Waals surface area contributed by atoms with Crippen LogP contribution in [0.15, 0.2) is 0 Å². The molecule has 7 nitrogen and oxygen atoms in total. The Morgan fingerprint density at radius 2 is 1.90 bits per heavy atom. The fourth-order valence-corrected chi connectivity index (χ4v) is 2.79. The van der Waals surface area contributed by atoms with Gasteiger partial charge in [-0.05, 0) is 33.1 Å². The Labute approximate surface area is 124 Å². The number of aromatic nitrogens is 2. The number of carbonyl (C=O) groups is 2. The lowest BCUT2D eigenvalue weighted by atomic mass is 10.1. The van der Waals surface area contributed by atoms with Crippen LogP contribution in [0.4, 0.5) is 5.82 Å². The van der Waals surface area contributed by atoms with Gasteiger partial charge >= 0.3 is 5.97 Å². The molecule has 2 heterocycles. The second-order valence-electron chi connectivity index (χ2n) is 5.32. The molecule has 2 rings (SSSR count). The number of ether oxygens (including phenoxy) is 1. The van der Waals surface area contributed by atoms with Gasteiger partial charge in [0.2, 0.25) is 5.91 Å². The van der Waals surface area contributed by atoms with Crippen LogP contribution in [0.5, 0.6) is 0 Å². The highest BCUT2D eigenvalue weighted by Crippen LogP contribution is 2.23. The number of nitrogens with two attached hydrogens (primary N) is 1. The van der Waals surface area contributed by atoms with E-state index >= 15 is 0 Å². The standard InChI is InChI=1S/C14H22N4O3/c1-9(13(19)17-7-5-4-6-8-17)18-10(2)16-11(12(18)15)14(20)21-3/h9H,4-8,15H2,1-3H3. The van der Waals surface area contributed by atoms with E-state index in [0.717, 1.165) is 32.4 Å². The van der Waals surface area contributed by atoms with Gasteiger partial charge in [0.1, 0.15) is 17.7 Å². The van der Waals surface area contributed by atoms with E-state index in [0.29, 0.717) is 5.82 Å². The minimum absolute atomic E-state index is 0.0123. The third kappa shape index (κ3) is 2.86. The van der Waals surface area contributed by atoms with Gasteiger partial charge in [0.15, 0.2) is 5.69 Å². The second-order valence-corrected chi connectivity index (χ2v) is 5.32. The largest absolute Gasteiger partial charge is 0.464 e. The van der Waals surface area contributed by atoms with Gasteiger partial charge in [-0.25, -0.2) is 9.78 Å². The van der Waals surface area contributed by atoms with E-state index in [1.54, 1.807) is 18.4 Å². The van der Waals surface area contributed by atoms with Crippen LogP contribution in [0.25, 0.3) is 0 Å². The Morgan fingerprint density at radius 3 is 2.48 bits per heavy atom. The summed E-state index contributed by atoms with van der Waals surface area (Å²) in [7, 11) is 1.28. The lowest BCUT2D eigenvalue weighted by Crippen LogP contribution is -2.40.